The van der Waals surface area contributed by atoms with Crippen LogP contribution in [-0.2, 0) is 13.6 Å². The number of anilines is 1. The van der Waals surface area contributed by atoms with Gasteiger partial charge < -0.3 is 14.8 Å². The summed E-state index contributed by atoms with van der Waals surface area (Å²) in [5, 5.41) is 3.81. The van der Waals surface area contributed by atoms with Crippen molar-refractivity contribution in [2.24, 2.45) is 7.05 Å². The lowest BCUT2D eigenvalue weighted by Crippen LogP contribution is -2.21. The van der Waals surface area contributed by atoms with Crippen LogP contribution in [-0.4, -0.2) is 34.5 Å². The Morgan fingerprint density at radius 2 is 2.20 bits per heavy atom. The lowest BCUT2D eigenvalue weighted by molar-refractivity contribution is 0.0827. The normalized spacial score (nSPS) is 10.4. The first-order chi connectivity index (χ1) is 9.49. The maximum atomic E-state index is 11.9. The molecular weight excluding hydrogens is 276 g/mol. The molecule has 0 bridgehead atoms. The molecular formula is C14H17ClN4O. The minimum Gasteiger partial charge on any atom is -0.378 e. The number of nitrogens with one attached hydrogen (secondary N) is 1. The van der Waals surface area contributed by atoms with E-state index < -0.39 is 0 Å². The molecule has 0 radical (unpaired) electrons. The number of benzene rings is 1. The van der Waals surface area contributed by atoms with Crippen LogP contribution >= 0.6 is 11.6 Å². The third kappa shape index (κ3) is 3.11. The van der Waals surface area contributed by atoms with E-state index in [1.807, 2.05) is 11.6 Å². The van der Waals surface area contributed by atoms with Gasteiger partial charge >= 0.3 is 0 Å². The number of nitrogens with zero attached hydrogens (tertiary/aromatic N) is 3. The predicted molar refractivity (Wildman–Crippen MR) is 80.0 cm³/mol. The summed E-state index contributed by atoms with van der Waals surface area (Å²) in [5.41, 5.74) is 2.37. The van der Waals surface area contributed by atoms with Crippen LogP contribution in [0.3, 0.4) is 0 Å². The zero-order valence-electron chi connectivity index (χ0n) is 11.7. The Labute approximate surface area is 123 Å². The van der Waals surface area contributed by atoms with Crippen molar-refractivity contribution in [3.05, 3.63) is 47.0 Å². The second kappa shape index (κ2) is 5.96. The van der Waals surface area contributed by atoms with Gasteiger partial charge in [0.1, 0.15) is 0 Å². The minimum atomic E-state index is -0.0507. The SMILES string of the molecule is CN(C)C(=O)c1ccc(Cl)c(NCc2cncn2C)c1. The number of halogens is 1. The van der Waals surface area contributed by atoms with Crippen molar-refractivity contribution in [2.45, 2.75) is 6.54 Å². The third-order valence-electron chi connectivity index (χ3n) is 3.00. The molecule has 0 saturated heterocycles. The van der Waals surface area contributed by atoms with Gasteiger partial charge in [-0.25, -0.2) is 4.98 Å². The molecule has 1 N–H and O–H groups in total. The van der Waals surface area contributed by atoms with E-state index in [1.165, 1.54) is 4.90 Å². The van der Waals surface area contributed by atoms with Crippen molar-refractivity contribution < 1.29 is 4.79 Å². The van der Waals surface area contributed by atoms with Crippen LogP contribution in [0.1, 0.15) is 16.1 Å². The second-order valence-electron chi connectivity index (χ2n) is 4.74. The number of hydrogen-bond donors (Lipinski definition) is 1. The maximum Gasteiger partial charge on any atom is 0.253 e. The number of carbonyl (C=O) groups excluding carboxylic acids is 1. The molecule has 0 aliphatic carbocycles. The number of rotatable bonds is 4. The van der Waals surface area contributed by atoms with Gasteiger partial charge in [0, 0.05) is 32.9 Å². The van der Waals surface area contributed by atoms with Crippen LogP contribution in [0, 0.1) is 0 Å². The maximum absolute atomic E-state index is 11.9. The Balaban J connectivity index is 2.17. The first-order valence-electron chi connectivity index (χ1n) is 6.19. The Morgan fingerprint density at radius 1 is 1.45 bits per heavy atom. The Hall–Kier alpha value is -2.01. The van der Waals surface area contributed by atoms with Crippen LogP contribution in [0.2, 0.25) is 5.02 Å². The van der Waals surface area contributed by atoms with Crippen molar-refractivity contribution in [3.63, 3.8) is 0 Å². The number of aromatic nitrogens is 2. The fourth-order valence-corrected chi connectivity index (χ4v) is 1.98. The van der Waals surface area contributed by atoms with E-state index in [-0.39, 0.29) is 5.91 Å². The molecule has 2 rings (SSSR count). The molecule has 2 aromatic rings. The average Bonchev–Trinajstić information content (AvgIpc) is 2.82. The van der Waals surface area contributed by atoms with Gasteiger partial charge in [0.05, 0.1) is 29.3 Å². The van der Waals surface area contributed by atoms with Crippen LogP contribution < -0.4 is 5.32 Å². The molecule has 1 heterocycles. The van der Waals surface area contributed by atoms with Crippen molar-refractivity contribution >= 4 is 23.2 Å². The van der Waals surface area contributed by atoms with E-state index in [0.717, 1.165) is 11.4 Å². The molecule has 0 fully saturated rings. The molecule has 0 aliphatic rings. The van der Waals surface area contributed by atoms with E-state index in [9.17, 15) is 4.79 Å². The highest BCUT2D eigenvalue weighted by atomic mass is 35.5. The van der Waals surface area contributed by atoms with Crippen LogP contribution in [0.4, 0.5) is 5.69 Å². The van der Waals surface area contributed by atoms with E-state index >= 15 is 0 Å². The van der Waals surface area contributed by atoms with Gasteiger partial charge in [0.25, 0.3) is 5.91 Å². The highest BCUT2D eigenvalue weighted by molar-refractivity contribution is 6.33. The van der Waals surface area contributed by atoms with E-state index in [4.69, 9.17) is 11.6 Å². The van der Waals surface area contributed by atoms with Crippen LogP contribution in [0.15, 0.2) is 30.7 Å². The highest BCUT2D eigenvalue weighted by Gasteiger charge is 2.10. The summed E-state index contributed by atoms with van der Waals surface area (Å²) < 4.78 is 1.93. The molecule has 0 unspecified atom stereocenters. The van der Waals surface area contributed by atoms with Crippen molar-refractivity contribution in [3.8, 4) is 0 Å². The molecule has 0 saturated carbocycles. The van der Waals surface area contributed by atoms with Gasteiger partial charge in [-0.05, 0) is 18.2 Å². The van der Waals surface area contributed by atoms with Gasteiger partial charge in [0.15, 0.2) is 0 Å². The highest BCUT2D eigenvalue weighted by Crippen LogP contribution is 2.24. The van der Waals surface area contributed by atoms with Gasteiger partial charge in [-0.1, -0.05) is 11.6 Å². The van der Waals surface area contributed by atoms with Crippen molar-refractivity contribution in [1.29, 1.82) is 0 Å². The first kappa shape index (κ1) is 14.4. The molecule has 1 aromatic heterocycles. The summed E-state index contributed by atoms with van der Waals surface area (Å²) >= 11 is 6.15. The lowest BCUT2D eigenvalue weighted by atomic mass is 10.1. The fraction of sp³-hybridized carbons (Fsp3) is 0.286. The topological polar surface area (TPSA) is 50.2 Å². The summed E-state index contributed by atoms with van der Waals surface area (Å²) in [7, 11) is 5.37. The Bertz CT molecular complexity index is 621. The molecule has 1 amide bonds. The zero-order valence-corrected chi connectivity index (χ0v) is 12.5. The monoisotopic (exact) mass is 292 g/mol. The first-order valence-corrected chi connectivity index (χ1v) is 6.57. The lowest BCUT2D eigenvalue weighted by Gasteiger charge is -2.13. The largest absolute Gasteiger partial charge is 0.378 e. The number of imidazole rings is 1. The minimum absolute atomic E-state index is 0.0507. The number of hydrogen-bond acceptors (Lipinski definition) is 3. The molecule has 5 nitrogen and oxygen atoms in total. The summed E-state index contributed by atoms with van der Waals surface area (Å²) in [5.74, 6) is -0.0507. The van der Waals surface area contributed by atoms with Gasteiger partial charge in [-0.3, -0.25) is 4.79 Å². The standard InChI is InChI=1S/C14H17ClN4O/c1-18(2)14(20)10-4-5-12(15)13(6-10)17-8-11-7-16-9-19(11)3/h4-7,9,17H,8H2,1-3H3. The zero-order chi connectivity index (χ0) is 14.7. The summed E-state index contributed by atoms with van der Waals surface area (Å²) in [6.45, 7) is 0.593. The molecule has 6 heteroatoms. The Kier molecular flexibility index (Phi) is 4.29. The third-order valence-corrected chi connectivity index (χ3v) is 3.33. The molecule has 0 aliphatic heterocycles. The van der Waals surface area contributed by atoms with E-state index in [1.54, 1.807) is 44.8 Å². The number of amides is 1. The summed E-state index contributed by atoms with van der Waals surface area (Å²) in [6, 6.07) is 5.21. The predicted octanol–water partition coefficient (Wildman–Crippen LogP) is 2.39. The quantitative estimate of drug-likeness (QED) is 0.941. The van der Waals surface area contributed by atoms with E-state index in [2.05, 4.69) is 10.3 Å². The second-order valence-corrected chi connectivity index (χ2v) is 5.15. The fourth-order valence-electron chi connectivity index (χ4n) is 1.79. The molecule has 20 heavy (non-hydrogen) atoms. The van der Waals surface area contributed by atoms with Gasteiger partial charge in [-0.2, -0.15) is 0 Å². The molecule has 106 valence electrons. The van der Waals surface area contributed by atoms with E-state index in [0.29, 0.717) is 17.1 Å². The number of aryl methyl sites for hydroxylation is 1. The van der Waals surface area contributed by atoms with Crippen LogP contribution in [0.25, 0.3) is 0 Å². The number of carbonyl (C=O) groups is 1. The van der Waals surface area contributed by atoms with Gasteiger partial charge in [-0.15, -0.1) is 0 Å². The van der Waals surface area contributed by atoms with Crippen molar-refractivity contribution in [2.75, 3.05) is 19.4 Å². The van der Waals surface area contributed by atoms with Crippen LogP contribution in [0.5, 0.6) is 0 Å². The summed E-state index contributed by atoms with van der Waals surface area (Å²) in [6.07, 6.45) is 3.53. The molecule has 0 atom stereocenters. The van der Waals surface area contributed by atoms with Crippen molar-refractivity contribution in [1.82, 2.24) is 14.5 Å². The Morgan fingerprint density at radius 3 is 2.80 bits per heavy atom. The van der Waals surface area contributed by atoms with Gasteiger partial charge in [0.2, 0.25) is 0 Å². The molecule has 0 spiro atoms. The average molecular weight is 293 g/mol. The smallest absolute Gasteiger partial charge is 0.253 e. The summed E-state index contributed by atoms with van der Waals surface area (Å²) in [4.78, 5) is 17.5. The molecule has 1 aromatic carbocycles.